The number of amides is 1. The highest BCUT2D eigenvalue weighted by Crippen LogP contribution is 2.25. The molecular weight excluding hydrogens is 277 g/mol. The molecule has 1 aliphatic heterocycles. The molecule has 4 nitrogen and oxygen atoms in total. The Morgan fingerprint density at radius 1 is 1.33 bits per heavy atom. The fourth-order valence-corrected chi connectivity index (χ4v) is 1.96. The van der Waals surface area contributed by atoms with E-state index in [0.717, 1.165) is 5.56 Å². The average Bonchev–Trinajstić information content (AvgIpc) is 2.40. The number of rotatable bonds is 3. The monoisotopic (exact) mass is 289 g/mol. The van der Waals surface area contributed by atoms with Crippen molar-refractivity contribution in [2.24, 2.45) is 0 Å². The number of hydrogen-bond acceptors (Lipinski definition) is 3. The molecule has 1 aromatic carbocycles. The van der Waals surface area contributed by atoms with Crippen LogP contribution in [0.25, 0.3) is 0 Å². The number of benzene rings is 1. The summed E-state index contributed by atoms with van der Waals surface area (Å²) in [7, 11) is 0. The Bertz CT molecular complexity index is 400. The fraction of sp³-hybridized carbons (Fsp3) is 0.417. The maximum atomic E-state index is 11.5. The number of ether oxygens (including phenoxy) is 2. The molecule has 98 valence electrons. The van der Waals surface area contributed by atoms with Gasteiger partial charge < -0.3 is 14.8 Å². The molecule has 0 unspecified atom stereocenters. The van der Waals surface area contributed by atoms with Crippen LogP contribution in [0.15, 0.2) is 30.3 Å². The molecule has 1 saturated heterocycles. The Hall–Kier alpha value is -0.810. The van der Waals surface area contributed by atoms with Crippen LogP contribution in [0.2, 0.25) is 0 Å². The number of alkyl halides is 2. The van der Waals surface area contributed by atoms with Crippen molar-refractivity contribution < 1.29 is 14.3 Å². The molecule has 1 N–H and O–H groups in total. The highest BCUT2D eigenvalue weighted by atomic mass is 35.5. The van der Waals surface area contributed by atoms with E-state index in [1.807, 2.05) is 30.3 Å². The highest BCUT2D eigenvalue weighted by Gasteiger charge is 2.30. The minimum absolute atomic E-state index is 0.205. The lowest BCUT2D eigenvalue weighted by molar-refractivity contribution is -0.161. The van der Waals surface area contributed by atoms with Gasteiger partial charge in [-0.1, -0.05) is 53.5 Å². The van der Waals surface area contributed by atoms with Gasteiger partial charge in [-0.3, -0.25) is 4.79 Å². The Morgan fingerprint density at radius 3 is 2.72 bits per heavy atom. The second-order valence-corrected chi connectivity index (χ2v) is 5.00. The quantitative estimate of drug-likeness (QED) is 0.866. The Morgan fingerprint density at radius 2 is 2.06 bits per heavy atom. The minimum atomic E-state index is -1.09. The van der Waals surface area contributed by atoms with Crippen LogP contribution < -0.4 is 5.32 Å². The third-order valence-electron chi connectivity index (χ3n) is 2.65. The number of carbonyl (C=O) groups is 1. The molecule has 6 heteroatoms. The fourth-order valence-electron chi connectivity index (χ4n) is 1.83. The summed E-state index contributed by atoms with van der Waals surface area (Å²) in [4.78, 5) is 10.4. The SMILES string of the molecule is O=C(N[C@@H]1COCO[C@@H]1c1ccccc1)C(Cl)Cl. The van der Waals surface area contributed by atoms with Gasteiger partial charge in [0.25, 0.3) is 5.91 Å². The molecule has 0 saturated carbocycles. The lowest BCUT2D eigenvalue weighted by atomic mass is 10.0. The number of carbonyl (C=O) groups excluding carboxylic acids is 1. The molecule has 1 amide bonds. The molecule has 0 spiro atoms. The molecule has 2 atom stereocenters. The summed E-state index contributed by atoms with van der Waals surface area (Å²) in [5, 5.41) is 2.71. The Labute approximate surface area is 115 Å². The van der Waals surface area contributed by atoms with Crippen molar-refractivity contribution in [1.29, 1.82) is 0 Å². The summed E-state index contributed by atoms with van der Waals surface area (Å²) < 4.78 is 10.7. The summed E-state index contributed by atoms with van der Waals surface area (Å²) in [6.45, 7) is 0.572. The van der Waals surface area contributed by atoms with Gasteiger partial charge in [0.15, 0.2) is 4.84 Å². The number of nitrogens with one attached hydrogen (secondary N) is 1. The van der Waals surface area contributed by atoms with E-state index in [0.29, 0.717) is 6.61 Å². The molecule has 2 rings (SSSR count). The lowest BCUT2D eigenvalue weighted by Crippen LogP contribution is -2.47. The number of halogens is 2. The second-order valence-electron chi connectivity index (χ2n) is 3.90. The van der Waals surface area contributed by atoms with Gasteiger partial charge in [0.1, 0.15) is 12.9 Å². The van der Waals surface area contributed by atoms with Gasteiger partial charge in [-0.05, 0) is 5.56 Å². The second kappa shape index (κ2) is 6.38. The first-order valence-corrected chi connectivity index (χ1v) is 6.38. The van der Waals surface area contributed by atoms with E-state index < -0.39 is 10.7 Å². The maximum absolute atomic E-state index is 11.5. The van der Waals surface area contributed by atoms with Gasteiger partial charge in [-0.15, -0.1) is 0 Å². The first-order chi connectivity index (χ1) is 8.68. The van der Waals surface area contributed by atoms with E-state index in [4.69, 9.17) is 32.7 Å². The smallest absolute Gasteiger partial charge is 0.253 e. The van der Waals surface area contributed by atoms with Crippen LogP contribution in [-0.4, -0.2) is 30.2 Å². The van der Waals surface area contributed by atoms with E-state index in [1.54, 1.807) is 0 Å². The van der Waals surface area contributed by atoms with Crippen LogP contribution in [0.4, 0.5) is 0 Å². The molecular formula is C12H13Cl2NO3. The molecule has 18 heavy (non-hydrogen) atoms. The van der Waals surface area contributed by atoms with Crippen molar-refractivity contribution in [3.05, 3.63) is 35.9 Å². The standard InChI is InChI=1S/C12H13Cl2NO3/c13-11(14)12(16)15-9-6-17-7-18-10(9)8-4-2-1-3-5-8/h1-5,9-11H,6-7H2,(H,15,16)/t9-,10-/m1/s1. The third-order valence-corrected chi connectivity index (χ3v) is 3.04. The van der Waals surface area contributed by atoms with Crippen LogP contribution in [0, 0.1) is 0 Å². The van der Waals surface area contributed by atoms with E-state index in [9.17, 15) is 4.79 Å². The van der Waals surface area contributed by atoms with Crippen molar-refractivity contribution in [3.8, 4) is 0 Å². The lowest BCUT2D eigenvalue weighted by Gasteiger charge is -2.32. The van der Waals surface area contributed by atoms with E-state index in [2.05, 4.69) is 5.32 Å². The van der Waals surface area contributed by atoms with Crippen LogP contribution in [-0.2, 0) is 14.3 Å². The Kier molecular flexibility index (Phi) is 4.83. The minimum Gasteiger partial charge on any atom is -0.353 e. The van der Waals surface area contributed by atoms with Crippen molar-refractivity contribution >= 4 is 29.1 Å². The summed E-state index contributed by atoms with van der Waals surface area (Å²) in [5.74, 6) is -0.446. The summed E-state index contributed by atoms with van der Waals surface area (Å²) in [6.07, 6.45) is -0.254. The zero-order chi connectivity index (χ0) is 13.0. The van der Waals surface area contributed by atoms with Gasteiger partial charge >= 0.3 is 0 Å². The molecule has 0 bridgehead atoms. The Balaban J connectivity index is 2.09. The zero-order valence-corrected chi connectivity index (χ0v) is 11.0. The van der Waals surface area contributed by atoms with Gasteiger partial charge in [-0.2, -0.15) is 0 Å². The predicted molar refractivity (Wildman–Crippen MR) is 68.5 cm³/mol. The average molecular weight is 290 g/mol. The first kappa shape index (κ1) is 13.6. The molecule has 0 aliphatic carbocycles. The van der Waals surface area contributed by atoms with Gasteiger partial charge in [0.2, 0.25) is 0 Å². The van der Waals surface area contributed by atoms with Crippen LogP contribution >= 0.6 is 23.2 Å². The topological polar surface area (TPSA) is 47.6 Å². The largest absolute Gasteiger partial charge is 0.353 e. The molecule has 1 aromatic rings. The molecule has 0 radical (unpaired) electrons. The van der Waals surface area contributed by atoms with Crippen molar-refractivity contribution in [3.63, 3.8) is 0 Å². The van der Waals surface area contributed by atoms with E-state index in [1.165, 1.54) is 0 Å². The van der Waals surface area contributed by atoms with E-state index >= 15 is 0 Å². The zero-order valence-electron chi connectivity index (χ0n) is 9.51. The van der Waals surface area contributed by atoms with Crippen molar-refractivity contribution in [2.75, 3.05) is 13.4 Å². The molecule has 0 aromatic heterocycles. The van der Waals surface area contributed by atoms with E-state index in [-0.39, 0.29) is 18.9 Å². The van der Waals surface area contributed by atoms with Gasteiger partial charge in [-0.25, -0.2) is 0 Å². The van der Waals surface area contributed by atoms with Crippen LogP contribution in [0.5, 0.6) is 0 Å². The first-order valence-electron chi connectivity index (χ1n) is 5.51. The van der Waals surface area contributed by atoms with Crippen LogP contribution in [0.1, 0.15) is 11.7 Å². The molecule has 1 aliphatic rings. The van der Waals surface area contributed by atoms with Gasteiger partial charge in [0.05, 0.1) is 12.6 Å². The van der Waals surface area contributed by atoms with Crippen molar-refractivity contribution in [2.45, 2.75) is 17.0 Å². The normalized spacial score (nSPS) is 23.9. The maximum Gasteiger partial charge on any atom is 0.253 e. The summed E-state index contributed by atoms with van der Waals surface area (Å²) >= 11 is 11.0. The number of hydrogen-bond donors (Lipinski definition) is 1. The molecule has 1 fully saturated rings. The highest BCUT2D eigenvalue weighted by molar-refractivity contribution is 6.53. The summed E-state index contributed by atoms with van der Waals surface area (Å²) in [5.41, 5.74) is 0.979. The van der Waals surface area contributed by atoms with Crippen LogP contribution in [0.3, 0.4) is 0 Å². The summed E-state index contributed by atoms with van der Waals surface area (Å²) in [6, 6.07) is 9.33. The van der Waals surface area contributed by atoms with Crippen molar-refractivity contribution in [1.82, 2.24) is 5.32 Å². The molecule has 1 heterocycles. The third kappa shape index (κ3) is 3.36. The van der Waals surface area contributed by atoms with Gasteiger partial charge in [0, 0.05) is 0 Å². The predicted octanol–water partition coefficient (Wildman–Crippen LogP) is 2.02.